The molecule has 1 fully saturated rings. The van der Waals surface area contributed by atoms with Gasteiger partial charge in [0.2, 0.25) is 5.95 Å². The van der Waals surface area contributed by atoms with Gasteiger partial charge in [-0.1, -0.05) is 19.8 Å². The van der Waals surface area contributed by atoms with Gasteiger partial charge in [-0.05, 0) is 18.8 Å². The minimum Gasteiger partial charge on any atom is -0.357 e. The molecule has 0 saturated heterocycles. The molecule has 1 saturated carbocycles. The van der Waals surface area contributed by atoms with E-state index in [9.17, 15) is 0 Å². The molecule has 2 heterocycles. The quantitative estimate of drug-likeness (QED) is 0.899. The van der Waals surface area contributed by atoms with Crippen molar-refractivity contribution < 1.29 is 0 Å². The standard InChI is InChI=1S/C14H22N6/c1-9-5-4-6-10(7-9)20(3)13-11-12(17-8-16-11)18-14(15-2)19-13/h8-10H,4-7H2,1-3H3,(H2,15,16,17,18,19). The van der Waals surface area contributed by atoms with Crippen molar-refractivity contribution in [3.63, 3.8) is 0 Å². The monoisotopic (exact) mass is 274 g/mol. The fourth-order valence-corrected chi connectivity index (χ4v) is 3.11. The van der Waals surface area contributed by atoms with Crippen LogP contribution in [0.5, 0.6) is 0 Å². The number of H-pyrrole nitrogens is 1. The Bertz CT molecular complexity index is 592. The zero-order valence-corrected chi connectivity index (χ0v) is 12.3. The van der Waals surface area contributed by atoms with Crippen LogP contribution in [0.1, 0.15) is 32.6 Å². The van der Waals surface area contributed by atoms with Gasteiger partial charge in [-0.3, -0.25) is 0 Å². The van der Waals surface area contributed by atoms with Gasteiger partial charge in [0.1, 0.15) is 5.52 Å². The van der Waals surface area contributed by atoms with Gasteiger partial charge in [0.25, 0.3) is 0 Å². The number of hydrogen-bond acceptors (Lipinski definition) is 5. The molecule has 0 bridgehead atoms. The Balaban J connectivity index is 1.97. The lowest BCUT2D eigenvalue weighted by Gasteiger charge is -2.35. The highest BCUT2D eigenvalue weighted by molar-refractivity contribution is 5.84. The molecule has 0 aromatic carbocycles. The van der Waals surface area contributed by atoms with Crippen LogP contribution in [0.3, 0.4) is 0 Å². The molecule has 2 aromatic rings. The van der Waals surface area contributed by atoms with Crippen LogP contribution in [0, 0.1) is 5.92 Å². The average Bonchev–Trinajstić information content (AvgIpc) is 2.93. The number of fused-ring (bicyclic) bond motifs is 1. The third kappa shape index (κ3) is 2.30. The summed E-state index contributed by atoms with van der Waals surface area (Å²) in [6, 6.07) is 0.546. The Labute approximate surface area is 119 Å². The molecule has 20 heavy (non-hydrogen) atoms. The molecule has 0 radical (unpaired) electrons. The van der Waals surface area contributed by atoms with Gasteiger partial charge in [0.15, 0.2) is 11.5 Å². The second kappa shape index (κ2) is 5.26. The van der Waals surface area contributed by atoms with Crippen LogP contribution in [0.4, 0.5) is 11.8 Å². The van der Waals surface area contributed by atoms with Crippen LogP contribution in [-0.2, 0) is 0 Å². The predicted molar refractivity (Wildman–Crippen MR) is 81.1 cm³/mol. The highest BCUT2D eigenvalue weighted by Crippen LogP contribution is 2.31. The van der Waals surface area contributed by atoms with Crippen molar-refractivity contribution in [2.24, 2.45) is 5.92 Å². The van der Waals surface area contributed by atoms with Gasteiger partial charge in [-0.25, -0.2) is 4.98 Å². The smallest absolute Gasteiger partial charge is 0.226 e. The molecule has 0 spiro atoms. The molecular formula is C14H22N6. The normalized spacial score (nSPS) is 22.9. The maximum atomic E-state index is 4.62. The number of nitrogens with zero attached hydrogens (tertiary/aromatic N) is 4. The molecule has 6 heteroatoms. The molecule has 0 aliphatic heterocycles. The van der Waals surface area contributed by atoms with Crippen LogP contribution in [0.2, 0.25) is 0 Å². The number of imidazole rings is 1. The minimum atomic E-state index is 0.546. The molecule has 6 nitrogen and oxygen atoms in total. The van der Waals surface area contributed by atoms with Gasteiger partial charge >= 0.3 is 0 Å². The molecular weight excluding hydrogens is 252 g/mol. The molecule has 2 atom stereocenters. The summed E-state index contributed by atoms with van der Waals surface area (Å²) in [6.07, 6.45) is 6.78. The van der Waals surface area contributed by atoms with Crippen molar-refractivity contribution in [2.45, 2.75) is 38.6 Å². The second-order valence-electron chi connectivity index (χ2n) is 5.76. The lowest BCUT2D eigenvalue weighted by molar-refractivity contribution is 0.336. The topological polar surface area (TPSA) is 69.7 Å². The molecule has 108 valence electrons. The fraction of sp³-hybridized carbons (Fsp3) is 0.643. The Morgan fingerprint density at radius 2 is 2.20 bits per heavy atom. The lowest BCUT2D eigenvalue weighted by atomic mass is 9.86. The summed E-state index contributed by atoms with van der Waals surface area (Å²) in [5, 5.41) is 3.01. The van der Waals surface area contributed by atoms with Crippen molar-refractivity contribution in [2.75, 3.05) is 24.3 Å². The van der Waals surface area contributed by atoms with E-state index in [1.165, 1.54) is 25.7 Å². The van der Waals surface area contributed by atoms with Crippen molar-refractivity contribution in [3.05, 3.63) is 6.33 Å². The zero-order chi connectivity index (χ0) is 14.1. The van der Waals surface area contributed by atoms with Crippen molar-refractivity contribution >= 4 is 22.9 Å². The molecule has 1 aliphatic carbocycles. The van der Waals surface area contributed by atoms with Crippen LogP contribution in [0.15, 0.2) is 6.33 Å². The number of aromatic amines is 1. The van der Waals surface area contributed by atoms with Gasteiger partial charge < -0.3 is 15.2 Å². The van der Waals surface area contributed by atoms with Gasteiger partial charge in [-0.2, -0.15) is 9.97 Å². The third-order valence-corrected chi connectivity index (χ3v) is 4.28. The second-order valence-corrected chi connectivity index (χ2v) is 5.76. The van der Waals surface area contributed by atoms with Crippen molar-refractivity contribution in [1.29, 1.82) is 0 Å². The Hall–Kier alpha value is -1.85. The zero-order valence-electron chi connectivity index (χ0n) is 12.3. The number of rotatable bonds is 3. The minimum absolute atomic E-state index is 0.546. The number of nitrogens with one attached hydrogen (secondary N) is 2. The van der Waals surface area contributed by atoms with E-state index in [4.69, 9.17) is 0 Å². The van der Waals surface area contributed by atoms with Crippen molar-refractivity contribution in [1.82, 2.24) is 19.9 Å². The summed E-state index contributed by atoms with van der Waals surface area (Å²) in [6.45, 7) is 2.34. The highest BCUT2D eigenvalue weighted by Gasteiger charge is 2.25. The van der Waals surface area contributed by atoms with Gasteiger partial charge in [-0.15, -0.1) is 0 Å². The fourth-order valence-electron chi connectivity index (χ4n) is 3.11. The first-order chi connectivity index (χ1) is 9.69. The Morgan fingerprint density at radius 1 is 1.35 bits per heavy atom. The van der Waals surface area contributed by atoms with E-state index >= 15 is 0 Å². The predicted octanol–water partition coefficient (Wildman–Crippen LogP) is 2.41. The Kier molecular flexibility index (Phi) is 3.46. The van der Waals surface area contributed by atoms with E-state index < -0.39 is 0 Å². The van der Waals surface area contributed by atoms with Gasteiger partial charge in [0.05, 0.1) is 6.33 Å². The highest BCUT2D eigenvalue weighted by atomic mass is 15.2. The molecule has 2 unspecified atom stereocenters. The largest absolute Gasteiger partial charge is 0.357 e. The van der Waals surface area contributed by atoms with E-state index in [0.717, 1.165) is 22.9 Å². The first kappa shape index (κ1) is 13.1. The van der Waals surface area contributed by atoms with Crippen LogP contribution in [-0.4, -0.2) is 40.1 Å². The number of hydrogen-bond donors (Lipinski definition) is 2. The molecule has 3 rings (SSSR count). The average molecular weight is 274 g/mol. The van der Waals surface area contributed by atoms with Crippen molar-refractivity contribution in [3.8, 4) is 0 Å². The van der Waals surface area contributed by atoms with Crippen LogP contribution in [0.25, 0.3) is 11.2 Å². The summed E-state index contributed by atoms with van der Waals surface area (Å²) in [5.41, 5.74) is 1.64. The van der Waals surface area contributed by atoms with E-state index in [1.807, 2.05) is 7.05 Å². The number of aromatic nitrogens is 4. The summed E-state index contributed by atoms with van der Waals surface area (Å²) in [4.78, 5) is 18.7. The molecule has 2 aromatic heterocycles. The molecule has 0 amide bonds. The summed E-state index contributed by atoms with van der Waals surface area (Å²) in [7, 11) is 3.96. The maximum Gasteiger partial charge on any atom is 0.226 e. The third-order valence-electron chi connectivity index (χ3n) is 4.28. The summed E-state index contributed by atoms with van der Waals surface area (Å²) >= 11 is 0. The van der Waals surface area contributed by atoms with Crippen LogP contribution >= 0.6 is 0 Å². The van der Waals surface area contributed by atoms with E-state index in [-0.39, 0.29) is 0 Å². The Morgan fingerprint density at radius 3 is 2.95 bits per heavy atom. The SMILES string of the molecule is CNc1nc(N(C)C2CCCC(C)C2)c2[nH]cnc2n1. The first-order valence-corrected chi connectivity index (χ1v) is 7.30. The number of anilines is 2. The van der Waals surface area contributed by atoms with Gasteiger partial charge in [0, 0.05) is 20.1 Å². The van der Waals surface area contributed by atoms with E-state index in [0.29, 0.717) is 12.0 Å². The summed E-state index contributed by atoms with van der Waals surface area (Å²) in [5.74, 6) is 2.35. The molecule has 2 N–H and O–H groups in total. The molecule has 1 aliphatic rings. The first-order valence-electron chi connectivity index (χ1n) is 7.30. The van der Waals surface area contributed by atoms with E-state index in [2.05, 4.69) is 44.1 Å². The summed E-state index contributed by atoms with van der Waals surface area (Å²) < 4.78 is 0. The van der Waals surface area contributed by atoms with Crippen LogP contribution < -0.4 is 10.2 Å². The maximum absolute atomic E-state index is 4.62. The lowest BCUT2D eigenvalue weighted by Crippen LogP contribution is -2.36. The van der Waals surface area contributed by atoms with E-state index in [1.54, 1.807) is 6.33 Å².